The minimum Gasteiger partial charge on any atom is -0.245 e. The number of hydrogen-bond acceptors (Lipinski definition) is 5. The second-order valence-electron chi connectivity index (χ2n) is 4.94. The lowest BCUT2D eigenvalue weighted by molar-refractivity contribution is 1.03. The Morgan fingerprint density at radius 2 is 1.71 bits per heavy atom. The van der Waals surface area contributed by atoms with Crippen LogP contribution in [0.5, 0.6) is 0 Å². The van der Waals surface area contributed by atoms with E-state index in [0.29, 0.717) is 5.95 Å². The SMILES string of the molecule is CSCC(=NNc1nc(C)cc(C)n1)c1ccc(C)cc1. The Morgan fingerprint density at radius 3 is 2.29 bits per heavy atom. The summed E-state index contributed by atoms with van der Waals surface area (Å²) in [5, 5.41) is 4.49. The first-order chi connectivity index (χ1) is 10.1. The molecule has 0 saturated carbocycles. The molecule has 1 N–H and O–H groups in total. The summed E-state index contributed by atoms with van der Waals surface area (Å²) in [5.41, 5.74) is 8.19. The van der Waals surface area contributed by atoms with Crippen LogP contribution in [0.15, 0.2) is 35.4 Å². The van der Waals surface area contributed by atoms with E-state index in [1.54, 1.807) is 11.8 Å². The van der Waals surface area contributed by atoms with Gasteiger partial charge >= 0.3 is 0 Å². The third-order valence-corrected chi connectivity index (χ3v) is 3.50. The van der Waals surface area contributed by atoms with Gasteiger partial charge in [-0.3, -0.25) is 0 Å². The molecule has 0 atom stereocenters. The first-order valence-electron chi connectivity index (χ1n) is 6.79. The van der Waals surface area contributed by atoms with Gasteiger partial charge in [0.2, 0.25) is 5.95 Å². The van der Waals surface area contributed by atoms with Gasteiger partial charge in [-0.15, -0.1) is 0 Å². The highest BCUT2D eigenvalue weighted by molar-refractivity contribution is 7.99. The molecule has 110 valence electrons. The molecule has 0 fully saturated rings. The van der Waals surface area contributed by atoms with Crippen molar-refractivity contribution >= 4 is 23.4 Å². The number of aromatic nitrogens is 2. The zero-order chi connectivity index (χ0) is 15.2. The Kier molecular flexibility index (Phi) is 5.33. The summed E-state index contributed by atoms with van der Waals surface area (Å²) in [7, 11) is 0. The van der Waals surface area contributed by atoms with Gasteiger partial charge in [-0.25, -0.2) is 15.4 Å². The molecule has 1 heterocycles. The van der Waals surface area contributed by atoms with Crippen LogP contribution in [0.4, 0.5) is 5.95 Å². The summed E-state index contributed by atoms with van der Waals surface area (Å²) in [6.07, 6.45) is 2.07. The first-order valence-corrected chi connectivity index (χ1v) is 8.18. The third kappa shape index (κ3) is 4.56. The maximum atomic E-state index is 4.49. The average molecular weight is 300 g/mol. The number of aryl methyl sites for hydroxylation is 3. The fourth-order valence-corrected chi connectivity index (χ4v) is 2.46. The molecule has 0 aliphatic heterocycles. The second-order valence-corrected chi connectivity index (χ2v) is 5.81. The second kappa shape index (κ2) is 7.22. The van der Waals surface area contributed by atoms with Gasteiger partial charge < -0.3 is 0 Å². The summed E-state index contributed by atoms with van der Waals surface area (Å²) < 4.78 is 0. The van der Waals surface area contributed by atoms with Gasteiger partial charge in [-0.2, -0.15) is 16.9 Å². The molecular weight excluding hydrogens is 280 g/mol. The monoisotopic (exact) mass is 300 g/mol. The maximum Gasteiger partial charge on any atom is 0.243 e. The summed E-state index contributed by atoms with van der Waals surface area (Å²) in [6, 6.07) is 10.3. The summed E-state index contributed by atoms with van der Waals surface area (Å²) >= 11 is 1.74. The Hall–Kier alpha value is -1.88. The molecule has 1 aromatic carbocycles. The number of rotatable bonds is 5. The highest BCUT2D eigenvalue weighted by atomic mass is 32.2. The van der Waals surface area contributed by atoms with Crippen molar-refractivity contribution in [2.24, 2.45) is 5.10 Å². The fraction of sp³-hybridized carbons (Fsp3) is 0.312. The van der Waals surface area contributed by atoms with Gasteiger partial charge in [0.05, 0.1) is 5.71 Å². The van der Waals surface area contributed by atoms with E-state index in [4.69, 9.17) is 0 Å². The van der Waals surface area contributed by atoms with Crippen molar-refractivity contribution < 1.29 is 0 Å². The van der Waals surface area contributed by atoms with Gasteiger partial charge in [0.25, 0.3) is 0 Å². The molecule has 1 aromatic heterocycles. The van der Waals surface area contributed by atoms with Crippen LogP contribution in [0, 0.1) is 20.8 Å². The molecule has 5 heteroatoms. The largest absolute Gasteiger partial charge is 0.245 e. The number of nitrogens with one attached hydrogen (secondary N) is 1. The molecule has 2 aromatic rings. The molecule has 0 aliphatic carbocycles. The Balaban J connectivity index is 2.23. The van der Waals surface area contributed by atoms with E-state index in [9.17, 15) is 0 Å². The number of nitrogens with zero attached hydrogens (tertiary/aromatic N) is 3. The first kappa shape index (κ1) is 15.5. The maximum absolute atomic E-state index is 4.49. The van der Waals surface area contributed by atoms with Crippen molar-refractivity contribution in [1.29, 1.82) is 0 Å². The third-order valence-electron chi connectivity index (χ3n) is 2.94. The zero-order valence-corrected chi connectivity index (χ0v) is 13.7. The molecule has 0 bridgehead atoms. The molecule has 0 radical (unpaired) electrons. The highest BCUT2D eigenvalue weighted by Crippen LogP contribution is 2.10. The van der Waals surface area contributed by atoms with Crippen molar-refractivity contribution in [3.8, 4) is 0 Å². The van der Waals surface area contributed by atoms with Crippen molar-refractivity contribution in [2.45, 2.75) is 20.8 Å². The molecule has 0 unspecified atom stereocenters. The molecule has 4 nitrogen and oxygen atoms in total. The number of thioether (sulfide) groups is 1. The van der Waals surface area contributed by atoms with Crippen LogP contribution in [0.2, 0.25) is 0 Å². The van der Waals surface area contributed by atoms with E-state index in [1.165, 1.54) is 5.56 Å². The Labute approximate surface area is 130 Å². The molecule has 0 aliphatic rings. The van der Waals surface area contributed by atoms with Crippen LogP contribution in [-0.4, -0.2) is 27.7 Å². The number of benzene rings is 1. The molecule has 0 amide bonds. The predicted molar refractivity (Wildman–Crippen MR) is 91.2 cm³/mol. The fourth-order valence-electron chi connectivity index (χ4n) is 1.96. The van der Waals surface area contributed by atoms with Gasteiger partial charge in [0, 0.05) is 17.1 Å². The number of anilines is 1. The van der Waals surface area contributed by atoms with Crippen LogP contribution in [0.1, 0.15) is 22.5 Å². The summed E-state index contributed by atoms with van der Waals surface area (Å²) in [6.45, 7) is 5.98. The molecule has 2 rings (SSSR count). The Bertz CT molecular complexity index is 615. The standard InChI is InChI=1S/C16H20N4S/c1-11-5-7-14(8-6-11)15(10-21-4)19-20-16-17-12(2)9-13(3)18-16/h5-9H,10H2,1-4H3,(H,17,18,20). The van der Waals surface area contributed by atoms with E-state index in [0.717, 1.165) is 28.4 Å². The Morgan fingerprint density at radius 1 is 1.10 bits per heavy atom. The smallest absolute Gasteiger partial charge is 0.243 e. The van der Waals surface area contributed by atoms with Gasteiger partial charge in [-0.1, -0.05) is 29.8 Å². The minimum atomic E-state index is 0.540. The molecule has 21 heavy (non-hydrogen) atoms. The molecule has 0 saturated heterocycles. The average Bonchev–Trinajstić information content (AvgIpc) is 2.43. The van der Waals surface area contributed by atoms with E-state index in [1.807, 2.05) is 19.9 Å². The minimum absolute atomic E-state index is 0.540. The lowest BCUT2D eigenvalue weighted by Crippen LogP contribution is -2.09. The molecule has 0 spiro atoms. The quantitative estimate of drug-likeness (QED) is 0.677. The molecular formula is C16H20N4S. The van der Waals surface area contributed by atoms with E-state index >= 15 is 0 Å². The van der Waals surface area contributed by atoms with Gasteiger partial charge in [0.1, 0.15) is 0 Å². The topological polar surface area (TPSA) is 50.2 Å². The normalized spacial score (nSPS) is 11.5. The zero-order valence-electron chi connectivity index (χ0n) is 12.8. The van der Waals surface area contributed by atoms with Crippen LogP contribution in [-0.2, 0) is 0 Å². The van der Waals surface area contributed by atoms with E-state index in [-0.39, 0.29) is 0 Å². The summed E-state index contributed by atoms with van der Waals surface area (Å²) in [5.74, 6) is 1.37. The number of hydrogen-bond donors (Lipinski definition) is 1. The van der Waals surface area contributed by atoms with Crippen molar-refractivity contribution in [2.75, 3.05) is 17.4 Å². The van der Waals surface area contributed by atoms with E-state index < -0.39 is 0 Å². The van der Waals surface area contributed by atoms with Gasteiger partial charge in [0.15, 0.2) is 0 Å². The van der Waals surface area contributed by atoms with Gasteiger partial charge in [-0.05, 0) is 38.7 Å². The van der Waals surface area contributed by atoms with Crippen molar-refractivity contribution in [3.05, 3.63) is 52.8 Å². The van der Waals surface area contributed by atoms with Crippen LogP contribution < -0.4 is 5.43 Å². The van der Waals surface area contributed by atoms with Crippen molar-refractivity contribution in [3.63, 3.8) is 0 Å². The van der Waals surface area contributed by atoms with Crippen LogP contribution in [0.25, 0.3) is 0 Å². The predicted octanol–water partition coefficient (Wildman–Crippen LogP) is 3.58. The van der Waals surface area contributed by atoms with E-state index in [2.05, 4.69) is 57.9 Å². The summed E-state index contributed by atoms with van der Waals surface area (Å²) in [4.78, 5) is 8.68. The van der Waals surface area contributed by atoms with Crippen LogP contribution >= 0.6 is 11.8 Å². The number of hydrazone groups is 1. The van der Waals surface area contributed by atoms with Crippen LogP contribution in [0.3, 0.4) is 0 Å². The van der Waals surface area contributed by atoms with Crippen molar-refractivity contribution in [1.82, 2.24) is 9.97 Å². The lowest BCUT2D eigenvalue weighted by Gasteiger charge is -2.07. The lowest BCUT2D eigenvalue weighted by atomic mass is 10.1. The highest BCUT2D eigenvalue weighted by Gasteiger charge is 2.04.